The lowest BCUT2D eigenvalue weighted by atomic mass is 10.0. The van der Waals surface area contributed by atoms with Gasteiger partial charge in [-0.2, -0.15) is 4.98 Å². The third-order valence-corrected chi connectivity index (χ3v) is 3.22. The normalized spacial score (nSPS) is 10.6. The SMILES string of the molecule is COc1nc(C)nc(C)c1Cc1ccc(F)cc1Cl. The van der Waals surface area contributed by atoms with E-state index in [1.54, 1.807) is 13.2 Å². The highest BCUT2D eigenvalue weighted by Gasteiger charge is 2.13. The van der Waals surface area contributed by atoms with E-state index in [1.165, 1.54) is 12.1 Å². The summed E-state index contributed by atoms with van der Waals surface area (Å²) >= 11 is 6.04. The Balaban J connectivity index is 2.43. The van der Waals surface area contributed by atoms with Crippen LogP contribution in [0.15, 0.2) is 18.2 Å². The number of nitrogens with zero attached hydrogens (tertiary/aromatic N) is 2. The van der Waals surface area contributed by atoms with Crippen LogP contribution in [0.25, 0.3) is 0 Å². The Morgan fingerprint density at radius 3 is 2.63 bits per heavy atom. The average Bonchev–Trinajstić information content (AvgIpc) is 2.34. The van der Waals surface area contributed by atoms with Gasteiger partial charge in [0.2, 0.25) is 5.88 Å². The quantitative estimate of drug-likeness (QED) is 0.863. The molecule has 0 fully saturated rings. The molecular formula is C14H14ClFN2O. The van der Waals surface area contributed by atoms with Gasteiger partial charge in [0.05, 0.1) is 7.11 Å². The smallest absolute Gasteiger partial charge is 0.220 e. The van der Waals surface area contributed by atoms with Crippen molar-refractivity contribution in [3.63, 3.8) is 0 Å². The number of benzene rings is 1. The summed E-state index contributed by atoms with van der Waals surface area (Å²) in [5, 5.41) is 0.391. The molecule has 0 aliphatic carbocycles. The first-order valence-electron chi connectivity index (χ1n) is 5.83. The van der Waals surface area contributed by atoms with Crippen molar-refractivity contribution in [2.75, 3.05) is 7.11 Å². The van der Waals surface area contributed by atoms with Crippen LogP contribution in [0.5, 0.6) is 5.88 Å². The van der Waals surface area contributed by atoms with Gasteiger partial charge in [0.15, 0.2) is 0 Å². The second-order valence-corrected chi connectivity index (χ2v) is 4.66. The molecule has 3 nitrogen and oxygen atoms in total. The van der Waals surface area contributed by atoms with Gasteiger partial charge in [-0.1, -0.05) is 17.7 Å². The van der Waals surface area contributed by atoms with E-state index in [2.05, 4.69) is 9.97 Å². The first-order valence-corrected chi connectivity index (χ1v) is 6.21. The van der Waals surface area contributed by atoms with E-state index in [-0.39, 0.29) is 5.82 Å². The lowest BCUT2D eigenvalue weighted by molar-refractivity contribution is 0.390. The fourth-order valence-electron chi connectivity index (χ4n) is 1.93. The van der Waals surface area contributed by atoms with E-state index < -0.39 is 0 Å². The van der Waals surface area contributed by atoms with Crippen molar-refractivity contribution >= 4 is 11.6 Å². The van der Waals surface area contributed by atoms with E-state index >= 15 is 0 Å². The molecule has 100 valence electrons. The minimum absolute atomic E-state index is 0.349. The molecule has 0 saturated heterocycles. The van der Waals surface area contributed by atoms with Crippen LogP contribution in [0, 0.1) is 19.7 Å². The summed E-state index contributed by atoms with van der Waals surface area (Å²) in [5.41, 5.74) is 2.52. The summed E-state index contributed by atoms with van der Waals surface area (Å²) in [6, 6.07) is 4.35. The summed E-state index contributed by atoms with van der Waals surface area (Å²) < 4.78 is 18.3. The Labute approximate surface area is 116 Å². The zero-order chi connectivity index (χ0) is 14.0. The van der Waals surface area contributed by atoms with Crippen molar-refractivity contribution in [3.8, 4) is 5.88 Å². The zero-order valence-corrected chi connectivity index (χ0v) is 11.8. The molecule has 19 heavy (non-hydrogen) atoms. The Morgan fingerprint density at radius 2 is 2.00 bits per heavy atom. The Hall–Kier alpha value is -1.68. The van der Waals surface area contributed by atoms with Crippen molar-refractivity contribution in [1.82, 2.24) is 9.97 Å². The standard InChI is InChI=1S/C14H14ClFN2O/c1-8-12(14(19-3)18-9(2)17-8)6-10-4-5-11(16)7-13(10)15/h4-5,7H,6H2,1-3H3. The summed E-state index contributed by atoms with van der Waals surface area (Å²) in [6.07, 6.45) is 0.508. The number of halogens is 2. The van der Waals surface area contributed by atoms with Crippen molar-refractivity contribution < 1.29 is 9.13 Å². The van der Waals surface area contributed by atoms with Gasteiger partial charge < -0.3 is 4.74 Å². The molecule has 0 bridgehead atoms. The summed E-state index contributed by atoms with van der Waals surface area (Å²) in [6.45, 7) is 3.70. The third-order valence-electron chi connectivity index (χ3n) is 2.86. The van der Waals surface area contributed by atoms with Gasteiger partial charge in [-0.25, -0.2) is 9.37 Å². The van der Waals surface area contributed by atoms with Gasteiger partial charge in [-0.05, 0) is 31.5 Å². The predicted molar refractivity (Wildman–Crippen MR) is 72.3 cm³/mol. The fraction of sp³-hybridized carbons (Fsp3) is 0.286. The van der Waals surface area contributed by atoms with Crippen LogP contribution in [0.4, 0.5) is 4.39 Å². The van der Waals surface area contributed by atoms with Crippen molar-refractivity contribution in [2.45, 2.75) is 20.3 Å². The highest BCUT2D eigenvalue weighted by atomic mass is 35.5. The van der Waals surface area contributed by atoms with Gasteiger partial charge in [0.1, 0.15) is 11.6 Å². The highest BCUT2D eigenvalue weighted by molar-refractivity contribution is 6.31. The number of rotatable bonds is 3. The molecular weight excluding hydrogens is 267 g/mol. The maximum Gasteiger partial charge on any atom is 0.220 e. The van der Waals surface area contributed by atoms with Crippen molar-refractivity contribution in [2.24, 2.45) is 0 Å². The zero-order valence-electron chi connectivity index (χ0n) is 11.0. The molecule has 0 aliphatic heterocycles. The number of hydrogen-bond donors (Lipinski definition) is 0. The van der Waals surface area contributed by atoms with Crippen LogP contribution in [0.3, 0.4) is 0 Å². The second kappa shape index (κ2) is 5.53. The maximum atomic E-state index is 13.0. The molecule has 5 heteroatoms. The molecule has 1 aromatic heterocycles. The molecule has 0 atom stereocenters. The van der Waals surface area contributed by atoms with Crippen molar-refractivity contribution in [1.29, 1.82) is 0 Å². The number of methoxy groups -OCH3 is 1. The topological polar surface area (TPSA) is 35.0 Å². The van der Waals surface area contributed by atoms with E-state index in [9.17, 15) is 4.39 Å². The number of hydrogen-bond acceptors (Lipinski definition) is 3. The number of aromatic nitrogens is 2. The molecule has 0 spiro atoms. The monoisotopic (exact) mass is 280 g/mol. The average molecular weight is 281 g/mol. The van der Waals surface area contributed by atoms with Crippen LogP contribution < -0.4 is 4.74 Å². The van der Waals surface area contributed by atoms with E-state index in [0.29, 0.717) is 23.1 Å². The lowest BCUT2D eigenvalue weighted by Gasteiger charge is -2.12. The molecule has 1 heterocycles. The number of ether oxygens (including phenoxy) is 1. The van der Waals surface area contributed by atoms with Gasteiger partial charge in [-0.3, -0.25) is 0 Å². The molecule has 2 rings (SSSR count). The number of aryl methyl sites for hydroxylation is 2. The second-order valence-electron chi connectivity index (χ2n) is 4.26. The third kappa shape index (κ3) is 3.01. The molecule has 0 N–H and O–H groups in total. The Morgan fingerprint density at radius 1 is 1.26 bits per heavy atom. The van der Waals surface area contributed by atoms with E-state index in [4.69, 9.17) is 16.3 Å². The summed E-state index contributed by atoms with van der Waals surface area (Å²) in [5.74, 6) is 0.839. The fourth-order valence-corrected chi connectivity index (χ4v) is 2.17. The Bertz CT molecular complexity index is 617. The summed E-state index contributed by atoms with van der Waals surface area (Å²) in [7, 11) is 1.57. The predicted octanol–water partition coefficient (Wildman–Crippen LogP) is 3.49. The first kappa shape index (κ1) is 13.7. The lowest BCUT2D eigenvalue weighted by Crippen LogP contribution is -2.04. The molecule has 0 radical (unpaired) electrons. The summed E-state index contributed by atoms with van der Waals surface area (Å²) in [4.78, 5) is 8.56. The highest BCUT2D eigenvalue weighted by Crippen LogP contribution is 2.26. The van der Waals surface area contributed by atoms with Crippen LogP contribution in [-0.2, 0) is 6.42 Å². The first-order chi connectivity index (χ1) is 9.01. The molecule has 2 aromatic rings. The molecule has 0 saturated carbocycles. The van der Waals surface area contributed by atoms with Gasteiger partial charge in [-0.15, -0.1) is 0 Å². The van der Waals surface area contributed by atoms with E-state index in [1.807, 2.05) is 13.8 Å². The molecule has 1 aromatic carbocycles. The van der Waals surface area contributed by atoms with E-state index in [0.717, 1.165) is 16.8 Å². The minimum atomic E-state index is -0.349. The van der Waals surface area contributed by atoms with Gasteiger partial charge in [0.25, 0.3) is 0 Å². The maximum absolute atomic E-state index is 13.0. The van der Waals surface area contributed by atoms with Gasteiger partial charge >= 0.3 is 0 Å². The van der Waals surface area contributed by atoms with Crippen LogP contribution in [0.1, 0.15) is 22.6 Å². The van der Waals surface area contributed by atoms with Crippen molar-refractivity contribution in [3.05, 3.63) is 51.7 Å². The molecule has 0 amide bonds. The largest absolute Gasteiger partial charge is 0.481 e. The van der Waals surface area contributed by atoms with Gasteiger partial charge in [0, 0.05) is 22.7 Å². The molecule has 0 aliphatic rings. The minimum Gasteiger partial charge on any atom is -0.481 e. The van der Waals surface area contributed by atoms with Crippen LogP contribution in [-0.4, -0.2) is 17.1 Å². The van der Waals surface area contributed by atoms with Crippen LogP contribution >= 0.6 is 11.6 Å². The van der Waals surface area contributed by atoms with Crippen LogP contribution in [0.2, 0.25) is 5.02 Å². The Kier molecular flexibility index (Phi) is 4.00. The molecule has 0 unspecified atom stereocenters.